The van der Waals surface area contributed by atoms with E-state index < -0.39 is 243 Å². The first kappa shape index (κ1) is 52.4. The van der Waals surface area contributed by atoms with Crippen LogP contribution in [0.5, 0.6) is 109 Å². The number of carboxylic acids is 1. The Morgan fingerprint density at radius 1 is 0.443 bits per heavy atom. The Morgan fingerprint density at radius 3 is 1.46 bits per heavy atom. The molecular weight excluding hydrogens is 1070 g/mol. The van der Waals surface area contributed by atoms with Crippen LogP contribution in [0.4, 0.5) is 0 Å². The SMILES string of the molecule is O=C(O[C@H]1COC(=O)c2cc(Oc3c(C(=O)O)cc(O)c(O)c3O)c(O)c(O)c2-c2c(cc(O)c(O)c2O)C(=O)OC1[C@@H]1OC(=O)c2cc(O)c(O)c(O)c2-c2c(O)c(O)c(O)c3c2C(=O)O[C@@H]1[C@H]3O)c1cc(O)c(O)c(O)c1. The van der Waals surface area contributed by atoms with E-state index in [4.69, 9.17) is 28.4 Å². The van der Waals surface area contributed by atoms with E-state index in [2.05, 4.69) is 0 Å². The van der Waals surface area contributed by atoms with E-state index in [1.807, 2.05) is 0 Å². The van der Waals surface area contributed by atoms with Gasteiger partial charge in [0.25, 0.3) is 0 Å². The molecule has 0 amide bonds. The van der Waals surface area contributed by atoms with Crippen LogP contribution in [-0.2, 0) is 23.7 Å². The lowest BCUT2D eigenvalue weighted by Gasteiger charge is -2.40. The molecule has 5 atom stereocenters. The normalized spacial score (nSPS) is 18.5. The number of carbonyl (C=O) groups is 6. The van der Waals surface area contributed by atoms with E-state index in [9.17, 15) is 126 Å². The fourth-order valence-electron chi connectivity index (χ4n) is 8.78. The van der Waals surface area contributed by atoms with Crippen LogP contribution in [0, 0.1) is 0 Å². The molecular formula is C48H32O31. The first-order chi connectivity index (χ1) is 37.1. The van der Waals surface area contributed by atoms with E-state index in [0.29, 0.717) is 30.3 Å². The first-order valence-corrected chi connectivity index (χ1v) is 21.7. The fraction of sp³-hybridized carbons (Fsp3) is 0.125. The summed E-state index contributed by atoms with van der Waals surface area (Å²) < 4.78 is 33.2. The molecule has 31 heteroatoms. The van der Waals surface area contributed by atoms with E-state index >= 15 is 0 Å². The molecule has 31 nitrogen and oxygen atoms in total. The minimum Gasteiger partial charge on any atom is -0.504 e. The summed E-state index contributed by atoms with van der Waals surface area (Å²) in [4.78, 5) is 84.6. The van der Waals surface area contributed by atoms with Crippen molar-refractivity contribution in [2.75, 3.05) is 6.61 Å². The second-order valence-electron chi connectivity index (χ2n) is 17.1. The number of fused-ring (bicyclic) bond motifs is 6. The van der Waals surface area contributed by atoms with Crippen molar-refractivity contribution in [3.63, 3.8) is 0 Å². The quantitative estimate of drug-likeness (QED) is 0.0646. The highest BCUT2D eigenvalue weighted by Gasteiger charge is 2.54. The maximum Gasteiger partial charge on any atom is 0.339 e. The molecule has 4 heterocycles. The van der Waals surface area contributed by atoms with Crippen molar-refractivity contribution in [1.82, 2.24) is 0 Å². The molecule has 410 valence electrons. The van der Waals surface area contributed by atoms with Crippen molar-refractivity contribution in [3.8, 4) is 131 Å². The zero-order valence-electron chi connectivity index (χ0n) is 38.5. The number of hydrogen-bond acceptors (Lipinski definition) is 30. The summed E-state index contributed by atoms with van der Waals surface area (Å²) in [6.07, 6.45) is -14.0. The van der Waals surface area contributed by atoms with Gasteiger partial charge in [0.05, 0.1) is 27.8 Å². The van der Waals surface area contributed by atoms with Crippen LogP contribution in [0.2, 0.25) is 0 Å². The molecule has 0 spiro atoms. The van der Waals surface area contributed by atoms with Crippen molar-refractivity contribution < 1.29 is 154 Å². The van der Waals surface area contributed by atoms with Crippen molar-refractivity contribution >= 4 is 35.8 Å². The van der Waals surface area contributed by atoms with Crippen LogP contribution in [-0.4, -0.2) is 164 Å². The Labute approximate surface area is 433 Å². The summed E-state index contributed by atoms with van der Waals surface area (Å²) in [5.41, 5.74) is -13.3. The van der Waals surface area contributed by atoms with Crippen LogP contribution < -0.4 is 4.74 Å². The third kappa shape index (κ3) is 8.04. The smallest absolute Gasteiger partial charge is 0.339 e. The molecule has 0 saturated carbocycles. The average molecular weight is 1100 g/mol. The Morgan fingerprint density at radius 2 is 0.899 bits per heavy atom. The van der Waals surface area contributed by atoms with Crippen molar-refractivity contribution in [2.24, 2.45) is 0 Å². The van der Waals surface area contributed by atoms with E-state index in [1.54, 1.807) is 0 Å². The number of carbonyl (C=O) groups excluding carboxylic acids is 5. The number of aliphatic hydroxyl groups excluding tert-OH is 1. The molecule has 6 aromatic rings. The number of cyclic esters (lactones) is 2. The summed E-state index contributed by atoms with van der Waals surface area (Å²) in [6, 6.07) is 2.15. The van der Waals surface area contributed by atoms with Gasteiger partial charge >= 0.3 is 35.8 Å². The van der Waals surface area contributed by atoms with Crippen LogP contribution >= 0.6 is 0 Å². The molecule has 0 aliphatic carbocycles. The first-order valence-electron chi connectivity index (χ1n) is 21.7. The number of carboxylic acid groups (broad SMARTS) is 1. The maximum absolute atomic E-state index is 15.0. The number of aromatic hydroxyl groups is 17. The highest BCUT2D eigenvalue weighted by atomic mass is 16.6. The van der Waals surface area contributed by atoms with Crippen molar-refractivity contribution in [2.45, 2.75) is 30.5 Å². The summed E-state index contributed by atoms with van der Waals surface area (Å²) in [7, 11) is 0. The summed E-state index contributed by atoms with van der Waals surface area (Å²) >= 11 is 0. The predicted molar refractivity (Wildman–Crippen MR) is 244 cm³/mol. The third-order valence-corrected chi connectivity index (χ3v) is 12.5. The summed E-state index contributed by atoms with van der Waals surface area (Å²) in [6.45, 7) is -1.66. The molecule has 79 heavy (non-hydrogen) atoms. The third-order valence-electron chi connectivity index (χ3n) is 12.5. The molecule has 0 saturated heterocycles. The van der Waals surface area contributed by atoms with Crippen molar-refractivity contribution in [1.29, 1.82) is 0 Å². The molecule has 0 aromatic heterocycles. The number of rotatable bonds is 6. The van der Waals surface area contributed by atoms with Gasteiger partial charge in [-0.2, -0.15) is 0 Å². The van der Waals surface area contributed by atoms with Gasteiger partial charge in [0.1, 0.15) is 18.3 Å². The lowest BCUT2D eigenvalue weighted by Crippen LogP contribution is -2.56. The number of aliphatic hydroxyl groups is 1. The molecule has 4 aliphatic heterocycles. The van der Waals surface area contributed by atoms with E-state index in [0.717, 1.165) is 0 Å². The highest BCUT2D eigenvalue weighted by molar-refractivity contribution is 6.11. The van der Waals surface area contributed by atoms with Gasteiger partial charge in [-0.05, 0) is 24.3 Å². The highest BCUT2D eigenvalue weighted by Crippen LogP contribution is 2.59. The van der Waals surface area contributed by atoms with Crippen LogP contribution in [0.25, 0.3) is 22.3 Å². The van der Waals surface area contributed by atoms with Gasteiger partial charge < -0.3 is 125 Å². The van der Waals surface area contributed by atoms with Gasteiger partial charge in [-0.1, -0.05) is 0 Å². The zero-order valence-corrected chi connectivity index (χ0v) is 38.5. The molecule has 4 aliphatic rings. The molecule has 10 rings (SSSR count). The Hall–Kier alpha value is -11.5. The van der Waals surface area contributed by atoms with Crippen LogP contribution in [0.3, 0.4) is 0 Å². The number of benzene rings is 6. The number of hydrogen-bond donors (Lipinski definition) is 19. The number of ether oxygens (including phenoxy) is 6. The minimum absolute atomic E-state index is 0.241. The number of phenols is 17. The lowest BCUT2D eigenvalue weighted by molar-refractivity contribution is -0.154. The topological polar surface area (TPSA) is 542 Å². The Balaban J connectivity index is 1.31. The van der Waals surface area contributed by atoms with Gasteiger partial charge in [-0.15, -0.1) is 0 Å². The van der Waals surface area contributed by atoms with Gasteiger partial charge in [-0.25, -0.2) is 28.8 Å². The fourth-order valence-corrected chi connectivity index (χ4v) is 8.78. The largest absolute Gasteiger partial charge is 0.504 e. The maximum atomic E-state index is 15.0. The Bertz CT molecular complexity index is 3740. The van der Waals surface area contributed by atoms with Gasteiger partial charge in [0, 0.05) is 39.9 Å². The zero-order chi connectivity index (χ0) is 57.9. The molecule has 4 bridgehead atoms. The summed E-state index contributed by atoms with van der Waals surface area (Å²) in [5, 5.41) is 205. The van der Waals surface area contributed by atoms with Crippen LogP contribution in [0.1, 0.15) is 73.8 Å². The molecule has 0 radical (unpaired) electrons. The molecule has 1 unspecified atom stereocenters. The predicted octanol–water partition coefficient (Wildman–Crippen LogP) is 2.24. The molecule has 0 fully saturated rings. The molecule has 19 N–H and O–H groups in total. The van der Waals surface area contributed by atoms with Crippen molar-refractivity contribution in [3.05, 3.63) is 75.3 Å². The number of esters is 5. The van der Waals surface area contributed by atoms with Crippen LogP contribution in [0.15, 0.2) is 36.4 Å². The average Bonchev–Trinajstić information content (AvgIpc) is 3.50. The van der Waals surface area contributed by atoms with Gasteiger partial charge in [-0.3, -0.25) is 0 Å². The standard InChI is InChI=1S/C48H32O31/c49-13-1-8(2-14(50)26(13)54)44(69)76-19-7-74-45(70)11-6-18(75-39-12(43(67)68)5-17(53)29(57)38(39)66)30(58)33(61)21(11)20-9(3-15(51)27(55)31(20)59)46(71)77-40(19)42-41-36(64)25-24(48(73)78-41)23(34(62)37(65)35(25)63)22-10(47(72)79-42)4-16(52)28(56)32(22)60/h1-6,19,36,40-42,49-66H,7H2,(H,67,68)/t19-,36-,40?,41+,42-/m0/s1. The van der Waals surface area contributed by atoms with Gasteiger partial charge in [0.2, 0.25) is 34.5 Å². The second-order valence-corrected chi connectivity index (χ2v) is 17.1. The second kappa shape index (κ2) is 18.4. The van der Waals surface area contributed by atoms with E-state index in [-0.39, 0.29) is 6.07 Å². The monoisotopic (exact) mass is 1100 g/mol. The van der Waals surface area contributed by atoms with Gasteiger partial charge in [0.15, 0.2) is 99.2 Å². The number of phenolic OH excluding ortho intramolecular Hbond substituents is 17. The Kier molecular flexibility index (Phi) is 12.2. The lowest BCUT2D eigenvalue weighted by atomic mass is 9.82. The molecule has 6 aromatic carbocycles. The number of aromatic carboxylic acids is 1. The van der Waals surface area contributed by atoms with E-state index in [1.165, 1.54) is 0 Å². The summed E-state index contributed by atoms with van der Waals surface area (Å²) in [5.74, 6) is -38.9. The minimum atomic E-state index is -2.93.